The maximum absolute atomic E-state index is 6.82. The molecule has 0 amide bonds. The summed E-state index contributed by atoms with van der Waals surface area (Å²) < 4.78 is 6.82. The van der Waals surface area contributed by atoms with Crippen LogP contribution in [0.2, 0.25) is 13.1 Å². The van der Waals surface area contributed by atoms with E-state index in [4.69, 9.17) is 4.74 Å². The molecule has 0 unspecified atom stereocenters. The first-order valence-corrected chi connectivity index (χ1v) is 13.3. The molecule has 0 aliphatic rings. The van der Waals surface area contributed by atoms with Crippen LogP contribution in [0.3, 0.4) is 0 Å². The van der Waals surface area contributed by atoms with Gasteiger partial charge in [-0.3, -0.25) is 0 Å². The fourth-order valence-corrected chi connectivity index (χ4v) is 6.51. The summed E-state index contributed by atoms with van der Waals surface area (Å²) in [6.45, 7) is 8.74. The lowest BCUT2D eigenvalue weighted by Crippen LogP contribution is -2.49. The molecular weight excluding hydrogens is 368 g/mol. The summed E-state index contributed by atoms with van der Waals surface area (Å²) in [5.41, 5.74) is 2.48. The minimum absolute atomic E-state index is 0.0200. The average molecular weight is 399 g/mol. The summed E-state index contributed by atoms with van der Waals surface area (Å²) >= 11 is 0. The largest absolute Gasteiger partial charge is 0.369 e. The molecule has 0 radical (unpaired) electrons. The predicted molar refractivity (Wildman–Crippen MR) is 128 cm³/mol. The molecule has 0 spiro atoms. The number of hydrogen-bond acceptors (Lipinski definition) is 1. The fraction of sp³-hybridized carbons (Fsp3) is 0.185. The zero-order chi connectivity index (χ0) is 20.5. The summed E-state index contributed by atoms with van der Waals surface area (Å²) in [5, 5.41) is 1.40. The summed E-state index contributed by atoms with van der Waals surface area (Å²) in [5.74, 6) is 0. The van der Waals surface area contributed by atoms with Crippen molar-refractivity contribution in [3.63, 3.8) is 0 Å². The zero-order valence-electron chi connectivity index (χ0n) is 17.4. The molecule has 0 aliphatic carbocycles. The van der Waals surface area contributed by atoms with Crippen LogP contribution in [0, 0.1) is 0 Å². The first-order valence-electron chi connectivity index (χ1n) is 10.2. The zero-order valence-corrected chi connectivity index (χ0v) is 18.4. The van der Waals surface area contributed by atoms with E-state index in [-0.39, 0.29) is 11.8 Å². The molecule has 3 aromatic carbocycles. The third-order valence-electron chi connectivity index (χ3n) is 5.29. The topological polar surface area (TPSA) is 9.23 Å². The maximum Gasteiger partial charge on any atom is 0.119 e. The average Bonchev–Trinajstić information content (AvgIpc) is 2.77. The molecule has 2 atom stereocenters. The van der Waals surface area contributed by atoms with Gasteiger partial charge in [-0.25, -0.2) is 0 Å². The Kier molecular flexibility index (Phi) is 7.40. The van der Waals surface area contributed by atoms with Gasteiger partial charge in [0.05, 0.1) is 11.8 Å². The lowest BCUT2D eigenvalue weighted by molar-refractivity contribution is 0.0568. The van der Waals surface area contributed by atoms with Gasteiger partial charge >= 0.3 is 0 Å². The number of benzene rings is 3. The van der Waals surface area contributed by atoms with Crippen molar-refractivity contribution >= 4 is 19.3 Å². The van der Waals surface area contributed by atoms with E-state index in [1.165, 1.54) is 16.3 Å². The molecule has 3 rings (SSSR count). The Morgan fingerprint density at radius 1 is 0.828 bits per heavy atom. The van der Waals surface area contributed by atoms with E-state index in [0.29, 0.717) is 0 Å². The lowest BCUT2D eigenvalue weighted by Gasteiger charge is -2.35. The van der Waals surface area contributed by atoms with Crippen molar-refractivity contribution in [3.05, 3.63) is 121 Å². The molecule has 0 bridgehead atoms. The lowest BCUT2D eigenvalue weighted by atomic mass is 10.1. The van der Waals surface area contributed by atoms with E-state index in [9.17, 15) is 0 Å². The molecule has 0 fully saturated rings. The van der Waals surface area contributed by atoms with E-state index in [1.807, 2.05) is 12.1 Å². The van der Waals surface area contributed by atoms with Gasteiger partial charge < -0.3 is 4.74 Å². The highest BCUT2D eigenvalue weighted by Crippen LogP contribution is 2.31. The van der Waals surface area contributed by atoms with Gasteiger partial charge in [-0.15, -0.1) is 6.58 Å². The van der Waals surface area contributed by atoms with E-state index in [1.54, 1.807) is 0 Å². The second-order valence-corrected chi connectivity index (χ2v) is 12.4. The molecule has 1 nitrogen and oxygen atoms in total. The number of rotatable bonds is 9. The van der Waals surface area contributed by atoms with Crippen LogP contribution in [-0.4, -0.2) is 14.2 Å². The highest BCUT2D eigenvalue weighted by atomic mass is 28.3. The van der Waals surface area contributed by atoms with Gasteiger partial charge in [-0.2, -0.15) is 0 Å². The molecule has 0 N–H and O–H groups in total. The smallest absolute Gasteiger partial charge is 0.119 e. The van der Waals surface area contributed by atoms with E-state index in [2.05, 4.69) is 117 Å². The van der Waals surface area contributed by atoms with Crippen molar-refractivity contribution in [2.45, 2.75) is 31.3 Å². The van der Waals surface area contributed by atoms with Crippen LogP contribution in [0.15, 0.2) is 110 Å². The molecule has 0 saturated heterocycles. The fourth-order valence-electron chi connectivity index (χ4n) is 3.61. The molecule has 0 aromatic heterocycles. The molecule has 0 heterocycles. The van der Waals surface area contributed by atoms with Crippen LogP contribution >= 0.6 is 0 Å². The van der Waals surface area contributed by atoms with E-state index < -0.39 is 8.07 Å². The normalized spacial score (nSPS) is 13.9. The Morgan fingerprint density at radius 2 is 1.38 bits per heavy atom. The highest BCUT2D eigenvalue weighted by Gasteiger charge is 2.37. The third-order valence-corrected chi connectivity index (χ3v) is 8.89. The third kappa shape index (κ3) is 5.66. The van der Waals surface area contributed by atoms with Gasteiger partial charge in [0.25, 0.3) is 0 Å². The molecule has 3 aromatic rings. The predicted octanol–water partition coefficient (Wildman–Crippen LogP) is 6.56. The number of ether oxygens (including phenoxy) is 1. The second-order valence-electron chi connectivity index (χ2n) is 7.85. The number of hydrogen-bond donors (Lipinski definition) is 0. The van der Waals surface area contributed by atoms with Crippen molar-refractivity contribution in [1.29, 1.82) is 0 Å². The van der Waals surface area contributed by atoms with Gasteiger partial charge in [-0.1, -0.05) is 128 Å². The van der Waals surface area contributed by atoms with Gasteiger partial charge in [0.1, 0.15) is 8.07 Å². The molecule has 2 heteroatoms. The summed E-state index contributed by atoms with van der Waals surface area (Å²) in [4.78, 5) is 0. The Morgan fingerprint density at radius 3 is 1.97 bits per heavy atom. The summed E-state index contributed by atoms with van der Waals surface area (Å²) in [6, 6.07) is 31.8. The standard InChI is InChI=1S/C27H30OSi/c1-4-14-25(22-21-23-15-8-5-9-16-23)28-27(24-17-10-6-11-18-24)29(2,3)26-19-12-7-13-20-26/h4-13,15-22,25,27H,1,14H2,2-3H3/b22-21+/t25-,27-/m0/s1. The van der Waals surface area contributed by atoms with Crippen LogP contribution in [0.25, 0.3) is 6.08 Å². The Balaban J connectivity index is 1.92. The van der Waals surface area contributed by atoms with Crippen LogP contribution in [-0.2, 0) is 4.74 Å². The van der Waals surface area contributed by atoms with Gasteiger partial charge in [0.15, 0.2) is 0 Å². The second kappa shape index (κ2) is 10.2. The van der Waals surface area contributed by atoms with Crippen molar-refractivity contribution < 1.29 is 4.74 Å². The first kappa shape index (κ1) is 21.0. The molecular formula is C27H30OSi. The molecule has 0 saturated carbocycles. The quantitative estimate of drug-likeness (QED) is 0.293. The van der Waals surface area contributed by atoms with Crippen LogP contribution in [0.4, 0.5) is 0 Å². The van der Waals surface area contributed by atoms with Crippen molar-refractivity contribution in [1.82, 2.24) is 0 Å². The minimum atomic E-state index is -1.94. The molecule has 29 heavy (non-hydrogen) atoms. The molecule has 148 valence electrons. The van der Waals surface area contributed by atoms with Crippen molar-refractivity contribution in [2.75, 3.05) is 0 Å². The van der Waals surface area contributed by atoms with Crippen molar-refractivity contribution in [2.24, 2.45) is 0 Å². The van der Waals surface area contributed by atoms with Gasteiger partial charge in [-0.05, 0) is 17.5 Å². The van der Waals surface area contributed by atoms with Gasteiger partial charge in [0, 0.05) is 0 Å². The Hall–Kier alpha value is -2.68. The van der Waals surface area contributed by atoms with Crippen molar-refractivity contribution in [3.8, 4) is 0 Å². The Bertz CT molecular complexity index is 901. The molecule has 0 aliphatic heterocycles. The minimum Gasteiger partial charge on any atom is -0.369 e. The van der Waals surface area contributed by atoms with E-state index >= 15 is 0 Å². The van der Waals surface area contributed by atoms with Crippen LogP contribution in [0.5, 0.6) is 0 Å². The SMILES string of the molecule is C=CC[C@@H](/C=C/c1ccccc1)O[C@H](c1ccccc1)[Si](C)(C)c1ccccc1. The monoisotopic (exact) mass is 398 g/mol. The summed E-state index contributed by atoms with van der Waals surface area (Å²) in [7, 11) is -1.94. The van der Waals surface area contributed by atoms with Crippen LogP contribution in [0.1, 0.15) is 23.3 Å². The maximum atomic E-state index is 6.82. The van der Waals surface area contributed by atoms with Crippen LogP contribution < -0.4 is 5.19 Å². The first-order chi connectivity index (χ1) is 14.1. The summed E-state index contributed by atoms with van der Waals surface area (Å²) in [6.07, 6.45) is 7.02. The Labute approximate surface area is 176 Å². The van der Waals surface area contributed by atoms with Gasteiger partial charge in [0.2, 0.25) is 0 Å². The highest BCUT2D eigenvalue weighted by molar-refractivity contribution is 6.90. The van der Waals surface area contributed by atoms with E-state index in [0.717, 1.165) is 6.42 Å².